The molecule has 0 bridgehead atoms. The van der Waals surface area contributed by atoms with Crippen LogP contribution >= 0.6 is 39.3 Å². The van der Waals surface area contributed by atoms with E-state index < -0.39 is 23.2 Å². The highest BCUT2D eigenvalue weighted by Gasteiger charge is 2.24. The number of carboxylic acid groups (broad SMARTS) is 1. The lowest BCUT2D eigenvalue weighted by Gasteiger charge is -2.07. The Kier molecular flexibility index (Phi) is 5.85. The number of benzene rings is 2. The Morgan fingerprint density at radius 1 is 1.23 bits per heavy atom. The molecular formula is C21H15BrClF2N3O2S. The van der Waals surface area contributed by atoms with E-state index in [1.54, 1.807) is 27.7 Å². The van der Waals surface area contributed by atoms with Crippen LogP contribution in [0.2, 0.25) is 5.02 Å². The third-order valence-corrected chi connectivity index (χ3v) is 7.16. The largest absolute Gasteiger partial charge is 0.478 e. The number of aromatic nitrogens is 3. The summed E-state index contributed by atoms with van der Waals surface area (Å²) in [6, 6.07) is 7.32. The maximum Gasteiger partial charge on any atom is 0.338 e. The second kappa shape index (κ2) is 8.29. The van der Waals surface area contributed by atoms with Gasteiger partial charge in [0.1, 0.15) is 4.60 Å². The number of nitrogens with zero attached hydrogens (tertiary/aromatic N) is 3. The number of fused-ring (bicyclic) bond motifs is 1. The van der Waals surface area contributed by atoms with Gasteiger partial charge in [0.05, 0.1) is 32.9 Å². The van der Waals surface area contributed by atoms with Gasteiger partial charge in [0.25, 0.3) is 0 Å². The second-order valence-electron chi connectivity index (χ2n) is 7.01. The molecule has 31 heavy (non-hydrogen) atoms. The molecule has 160 valence electrons. The molecule has 2 heterocycles. The summed E-state index contributed by atoms with van der Waals surface area (Å²) < 4.78 is 33.7. The first-order chi connectivity index (χ1) is 14.7. The molecule has 0 amide bonds. The molecule has 0 saturated carbocycles. The van der Waals surface area contributed by atoms with Crippen molar-refractivity contribution in [3.63, 3.8) is 0 Å². The van der Waals surface area contributed by atoms with Crippen LogP contribution in [0.1, 0.15) is 30.2 Å². The summed E-state index contributed by atoms with van der Waals surface area (Å²) in [5.41, 5.74) is 0.371. The van der Waals surface area contributed by atoms with Gasteiger partial charge in [-0.2, -0.15) is 5.10 Å². The van der Waals surface area contributed by atoms with Crippen molar-refractivity contribution in [1.29, 1.82) is 0 Å². The van der Waals surface area contributed by atoms with Gasteiger partial charge < -0.3 is 5.11 Å². The molecule has 0 atom stereocenters. The third-order valence-electron chi connectivity index (χ3n) is 4.70. The first kappa shape index (κ1) is 21.9. The van der Waals surface area contributed by atoms with Gasteiger partial charge in [0.2, 0.25) is 0 Å². The van der Waals surface area contributed by atoms with Crippen molar-refractivity contribution in [2.75, 3.05) is 0 Å². The monoisotopic (exact) mass is 525 g/mol. The predicted octanol–water partition coefficient (Wildman–Crippen LogP) is 6.95. The fourth-order valence-electron chi connectivity index (χ4n) is 3.18. The highest BCUT2D eigenvalue weighted by atomic mass is 79.9. The van der Waals surface area contributed by atoms with Crippen LogP contribution in [0.15, 0.2) is 57.1 Å². The maximum atomic E-state index is 15.1. The highest BCUT2D eigenvalue weighted by molar-refractivity contribution is 9.10. The molecule has 0 saturated heterocycles. The van der Waals surface area contributed by atoms with Crippen LogP contribution < -0.4 is 0 Å². The van der Waals surface area contributed by atoms with Crippen LogP contribution in [0, 0.1) is 11.6 Å². The minimum Gasteiger partial charge on any atom is -0.478 e. The summed E-state index contributed by atoms with van der Waals surface area (Å²) in [5.74, 6) is -2.83. The molecule has 0 fully saturated rings. The zero-order chi connectivity index (χ0) is 22.4. The lowest BCUT2D eigenvalue weighted by Crippen LogP contribution is -2.01. The second-order valence-corrected chi connectivity index (χ2v) is 9.22. The summed E-state index contributed by atoms with van der Waals surface area (Å²) in [5, 5.41) is 14.0. The Labute approximate surface area is 193 Å². The zero-order valence-electron chi connectivity index (χ0n) is 16.2. The average molecular weight is 527 g/mol. The number of aromatic carboxylic acids is 1. The van der Waals surface area contributed by atoms with Gasteiger partial charge in [-0.15, -0.1) is 0 Å². The summed E-state index contributed by atoms with van der Waals surface area (Å²) in [6.45, 7) is 3.94. The minimum absolute atomic E-state index is 0.0504. The van der Waals surface area contributed by atoms with Crippen LogP contribution in [-0.4, -0.2) is 25.4 Å². The van der Waals surface area contributed by atoms with E-state index in [0.29, 0.717) is 20.6 Å². The van der Waals surface area contributed by atoms with Crippen molar-refractivity contribution in [3.8, 4) is 5.69 Å². The van der Waals surface area contributed by atoms with Gasteiger partial charge in [-0.3, -0.25) is 9.25 Å². The van der Waals surface area contributed by atoms with E-state index >= 15 is 4.39 Å². The molecule has 1 N–H and O–H groups in total. The van der Waals surface area contributed by atoms with Crippen molar-refractivity contribution in [2.24, 2.45) is 0 Å². The molecule has 4 aromatic rings. The predicted molar refractivity (Wildman–Crippen MR) is 120 cm³/mol. The summed E-state index contributed by atoms with van der Waals surface area (Å²) in [6.07, 6.45) is 3.37. The van der Waals surface area contributed by atoms with Crippen LogP contribution in [0.25, 0.3) is 16.6 Å². The standard InChI is InChI=1S/C21H15BrClF2N3O2S/c1-10(2)27-9-11(8-26-27)28-18-13(6-7-14(23)17(18)25)19(20(28)22)31-15-5-3-4-12(16(15)24)21(29)30/h3-10H,1-2H3,(H,29,30). The topological polar surface area (TPSA) is 60.0 Å². The molecule has 4 rings (SSSR count). The smallest absolute Gasteiger partial charge is 0.338 e. The molecule has 0 spiro atoms. The number of hydrogen-bond donors (Lipinski definition) is 1. The highest BCUT2D eigenvalue weighted by Crippen LogP contribution is 2.45. The van der Waals surface area contributed by atoms with Crippen LogP contribution in [0.5, 0.6) is 0 Å². The number of halogens is 4. The van der Waals surface area contributed by atoms with Gasteiger partial charge in [0, 0.05) is 22.5 Å². The number of rotatable bonds is 5. The molecule has 0 unspecified atom stereocenters. The molecule has 2 aromatic heterocycles. The van der Waals surface area contributed by atoms with Crippen molar-refractivity contribution in [3.05, 3.63) is 69.5 Å². The maximum absolute atomic E-state index is 15.1. The Hall–Kier alpha value is -2.36. The Balaban J connectivity index is 1.95. The average Bonchev–Trinajstić information content (AvgIpc) is 3.30. The van der Waals surface area contributed by atoms with Crippen LogP contribution in [-0.2, 0) is 0 Å². The third kappa shape index (κ3) is 3.75. The fraction of sp³-hybridized carbons (Fsp3) is 0.143. The molecule has 5 nitrogen and oxygen atoms in total. The lowest BCUT2D eigenvalue weighted by molar-refractivity contribution is 0.0691. The number of carboxylic acids is 1. The van der Waals surface area contributed by atoms with Gasteiger partial charge in [0.15, 0.2) is 11.6 Å². The van der Waals surface area contributed by atoms with E-state index in [1.807, 2.05) is 13.8 Å². The van der Waals surface area contributed by atoms with Gasteiger partial charge in [-0.05, 0) is 54.0 Å². The normalized spacial score (nSPS) is 11.6. The number of carbonyl (C=O) groups is 1. The molecule has 0 aliphatic heterocycles. The van der Waals surface area contributed by atoms with Gasteiger partial charge in [-0.25, -0.2) is 13.6 Å². The zero-order valence-corrected chi connectivity index (χ0v) is 19.4. The van der Waals surface area contributed by atoms with E-state index in [2.05, 4.69) is 21.0 Å². The fourth-order valence-corrected chi connectivity index (χ4v) is 5.19. The number of hydrogen-bond acceptors (Lipinski definition) is 3. The molecule has 10 heteroatoms. The van der Waals surface area contributed by atoms with E-state index in [1.165, 1.54) is 24.3 Å². The summed E-state index contributed by atoms with van der Waals surface area (Å²) in [7, 11) is 0. The lowest BCUT2D eigenvalue weighted by atomic mass is 10.2. The van der Waals surface area contributed by atoms with Crippen LogP contribution in [0.4, 0.5) is 8.78 Å². The Bertz CT molecular complexity index is 1340. The molecule has 0 aliphatic rings. The molecule has 2 aromatic carbocycles. The summed E-state index contributed by atoms with van der Waals surface area (Å²) in [4.78, 5) is 11.9. The first-order valence-corrected chi connectivity index (χ1v) is 11.1. The van der Waals surface area contributed by atoms with E-state index in [0.717, 1.165) is 11.8 Å². The minimum atomic E-state index is -1.36. The van der Waals surface area contributed by atoms with Crippen molar-refractivity contribution < 1.29 is 18.7 Å². The first-order valence-electron chi connectivity index (χ1n) is 9.12. The van der Waals surface area contributed by atoms with E-state index in [9.17, 15) is 14.3 Å². The van der Waals surface area contributed by atoms with E-state index in [-0.39, 0.29) is 21.5 Å². The summed E-state index contributed by atoms with van der Waals surface area (Å²) >= 11 is 10.6. The van der Waals surface area contributed by atoms with Gasteiger partial charge in [-0.1, -0.05) is 29.4 Å². The van der Waals surface area contributed by atoms with Crippen LogP contribution in [0.3, 0.4) is 0 Å². The van der Waals surface area contributed by atoms with Crippen molar-refractivity contribution >= 4 is 56.2 Å². The molecule has 0 radical (unpaired) electrons. The van der Waals surface area contributed by atoms with Crippen molar-refractivity contribution in [1.82, 2.24) is 14.3 Å². The molecular weight excluding hydrogens is 512 g/mol. The van der Waals surface area contributed by atoms with Gasteiger partial charge >= 0.3 is 5.97 Å². The SMILES string of the molecule is CC(C)n1cc(-n2c(Br)c(Sc3cccc(C(=O)O)c3F)c3ccc(Cl)c(F)c32)cn1. The van der Waals surface area contributed by atoms with E-state index in [4.69, 9.17) is 11.6 Å². The molecule has 0 aliphatic carbocycles. The Morgan fingerprint density at radius 2 is 1.97 bits per heavy atom. The van der Waals surface area contributed by atoms with Crippen molar-refractivity contribution in [2.45, 2.75) is 29.7 Å². The Morgan fingerprint density at radius 3 is 2.61 bits per heavy atom. The quantitative estimate of drug-likeness (QED) is 0.306.